The summed E-state index contributed by atoms with van der Waals surface area (Å²) in [4.78, 5) is 22.7. The molecule has 0 aliphatic heterocycles. The molecule has 22 heavy (non-hydrogen) atoms. The van der Waals surface area contributed by atoms with Crippen LogP contribution in [-0.4, -0.2) is 39.1 Å². The Morgan fingerprint density at radius 3 is 2.77 bits per heavy atom. The number of aryl methyl sites for hydroxylation is 1. The van der Waals surface area contributed by atoms with Crippen LogP contribution in [0.5, 0.6) is 0 Å². The van der Waals surface area contributed by atoms with Gasteiger partial charge in [0, 0.05) is 24.0 Å². The second-order valence-corrected chi connectivity index (χ2v) is 5.67. The third-order valence-corrected chi connectivity index (χ3v) is 4.28. The maximum absolute atomic E-state index is 12.6. The van der Waals surface area contributed by atoms with E-state index in [1.807, 2.05) is 19.1 Å². The number of hydrogen-bond acceptors (Lipinski definition) is 3. The topological polar surface area (TPSA) is 53.9 Å². The number of nitrogens with one attached hydrogen (secondary N) is 1. The van der Waals surface area contributed by atoms with Gasteiger partial charge in [-0.1, -0.05) is 26.0 Å². The molecule has 0 unspecified atom stereocenters. The minimum Gasteiger partial charge on any atom is -0.349 e. The van der Waals surface area contributed by atoms with Gasteiger partial charge in [-0.2, -0.15) is 0 Å². The monoisotopic (exact) mass is 298 g/mol. The summed E-state index contributed by atoms with van der Waals surface area (Å²) in [6, 6.07) is 6.12. The Morgan fingerprint density at radius 1 is 1.27 bits per heavy atom. The summed E-state index contributed by atoms with van der Waals surface area (Å²) >= 11 is 0. The molecule has 0 radical (unpaired) electrons. The average molecular weight is 298 g/mol. The van der Waals surface area contributed by atoms with Gasteiger partial charge in [0.25, 0.3) is 5.56 Å². The third kappa shape index (κ3) is 2.52. The molecule has 0 spiro atoms. The van der Waals surface area contributed by atoms with E-state index in [1.54, 1.807) is 10.9 Å². The van der Waals surface area contributed by atoms with Crippen LogP contribution in [0.2, 0.25) is 0 Å². The fourth-order valence-corrected chi connectivity index (χ4v) is 2.86. The second-order valence-electron chi connectivity index (χ2n) is 5.67. The quantitative estimate of drug-likeness (QED) is 0.787. The summed E-state index contributed by atoms with van der Waals surface area (Å²) in [7, 11) is 0. The molecule has 2 heterocycles. The number of fused-ring (bicyclic) bond motifs is 3. The zero-order valence-electron chi connectivity index (χ0n) is 13.4. The molecule has 5 nitrogen and oxygen atoms in total. The van der Waals surface area contributed by atoms with E-state index < -0.39 is 0 Å². The van der Waals surface area contributed by atoms with Crippen LogP contribution >= 0.6 is 0 Å². The van der Waals surface area contributed by atoms with Gasteiger partial charge < -0.3 is 9.88 Å². The minimum absolute atomic E-state index is 0.00556. The number of nitrogens with zero attached hydrogens (tertiary/aromatic N) is 3. The normalized spacial score (nSPS) is 11.8. The SMILES string of the molecule is CCN(CC)CCn1cnc2c([nH]c3cc(C)ccc32)c1=O. The van der Waals surface area contributed by atoms with Gasteiger partial charge in [0.05, 0.1) is 6.33 Å². The molecule has 0 bridgehead atoms. The molecule has 3 rings (SSSR count). The zero-order valence-corrected chi connectivity index (χ0v) is 13.4. The molecule has 0 amide bonds. The number of likely N-dealkylation sites (N-methyl/N-ethyl adjacent to an activating group) is 1. The van der Waals surface area contributed by atoms with E-state index >= 15 is 0 Å². The minimum atomic E-state index is 0.00556. The molecule has 3 aromatic rings. The first kappa shape index (κ1) is 14.8. The first-order chi connectivity index (χ1) is 10.6. The van der Waals surface area contributed by atoms with Gasteiger partial charge in [-0.3, -0.25) is 9.36 Å². The van der Waals surface area contributed by atoms with E-state index in [0.29, 0.717) is 12.1 Å². The molecular formula is C17H22N4O. The fourth-order valence-electron chi connectivity index (χ4n) is 2.86. The summed E-state index contributed by atoms with van der Waals surface area (Å²) < 4.78 is 1.70. The Morgan fingerprint density at radius 2 is 2.05 bits per heavy atom. The summed E-state index contributed by atoms with van der Waals surface area (Å²) in [5.41, 5.74) is 3.51. The van der Waals surface area contributed by atoms with Crippen LogP contribution in [0.4, 0.5) is 0 Å². The summed E-state index contributed by atoms with van der Waals surface area (Å²) in [6.07, 6.45) is 1.67. The van der Waals surface area contributed by atoms with E-state index in [-0.39, 0.29) is 5.56 Å². The average Bonchev–Trinajstić information content (AvgIpc) is 2.88. The number of aromatic amines is 1. The highest BCUT2D eigenvalue weighted by molar-refractivity contribution is 6.04. The van der Waals surface area contributed by atoms with Crippen LogP contribution in [0.25, 0.3) is 21.9 Å². The van der Waals surface area contributed by atoms with Crippen molar-refractivity contribution in [2.75, 3.05) is 19.6 Å². The highest BCUT2D eigenvalue weighted by Crippen LogP contribution is 2.22. The molecule has 0 aliphatic rings. The van der Waals surface area contributed by atoms with Crippen LogP contribution in [0.1, 0.15) is 19.4 Å². The van der Waals surface area contributed by atoms with Gasteiger partial charge in [0.2, 0.25) is 0 Å². The van der Waals surface area contributed by atoms with Crippen molar-refractivity contribution in [1.29, 1.82) is 0 Å². The largest absolute Gasteiger partial charge is 0.349 e. The maximum atomic E-state index is 12.6. The van der Waals surface area contributed by atoms with Crippen molar-refractivity contribution in [1.82, 2.24) is 19.4 Å². The molecule has 0 saturated heterocycles. The van der Waals surface area contributed by atoms with Crippen LogP contribution in [0.3, 0.4) is 0 Å². The van der Waals surface area contributed by atoms with Gasteiger partial charge in [0.1, 0.15) is 11.0 Å². The van der Waals surface area contributed by atoms with Gasteiger partial charge in [0.15, 0.2) is 0 Å². The van der Waals surface area contributed by atoms with Crippen LogP contribution in [0.15, 0.2) is 29.3 Å². The van der Waals surface area contributed by atoms with E-state index in [0.717, 1.165) is 36.1 Å². The van der Waals surface area contributed by atoms with Crippen molar-refractivity contribution in [2.45, 2.75) is 27.3 Å². The number of hydrogen-bond donors (Lipinski definition) is 1. The number of H-pyrrole nitrogens is 1. The smallest absolute Gasteiger partial charge is 0.277 e. The standard InChI is InChI=1S/C17H22N4O/c1-4-20(5-2)8-9-21-11-18-15-13-7-6-12(3)10-14(13)19-16(15)17(21)22/h6-7,10-11,19H,4-5,8-9H2,1-3H3. The highest BCUT2D eigenvalue weighted by atomic mass is 16.1. The lowest BCUT2D eigenvalue weighted by atomic mass is 10.2. The zero-order chi connectivity index (χ0) is 15.7. The molecular weight excluding hydrogens is 276 g/mol. The van der Waals surface area contributed by atoms with Crippen molar-refractivity contribution in [3.8, 4) is 0 Å². The predicted molar refractivity (Wildman–Crippen MR) is 90.4 cm³/mol. The van der Waals surface area contributed by atoms with Crippen molar-refractivity contribution in [2.24, 2.45) is 0 Å². The van der Waals surface area contributed by atoms with Crippen molar-refractivity contribution >= 4 is 21.9 Å². The van der Waals surface area contributed by atoms with Crippen LogP contribution in [0, 0.1) is 6.92 Å². The first-order valence-corrected chi connectivity index (χ1v) is 7.83. The van der Waals surface area contributed by atoms with E-state index in [9.17, 15) is 4.79 Å². The lowest BCUT2D eigenvalue weighted by Gasteiger charge is -2.18. The highest BCUT2D eigenvalue weighted by Gasteiger charge is 2.11. The Balaban J connectivity index is 2.02. The molecule has 5 heteroatoms. The molecule has 116 valence electrons. The molecule has 0 saturated carbocycles. The molecule has 1 aromatic carbocycles. The number of benzene rings is 1. The molecule has 2 aromatic heterocycles. The van der Waals surface area contributed by atoms with Gasteiger partial charge >= 0.3 is 0 Å². The lowest BCUT2D eigenvalue weighted by molar-refractivity contribution is 0.289. The van der Waals surface area contributed by atoms with E-state index in [2.05, 4.69) is 34.8 Å². The number of rotatable bonds is 5. The maximum Gasteiger partial charge on any atom is 0.277 e. The molecule has 0 aliphatic carbocycles. The lowest BCUT2D eigenvalue weighted by Crippen LogP contribution is -2.31. The van der Waals surface area contributed by atoms with Crippen LogP contribution in [-0.2, 0) is 6.54 Å². The van der Waals surface area contributed by atoms with Gasteiger partial charge in [-0.25, -0.2) is 4.98 Å². The van der Waals surface area contributed by atoms with E-state index in [4.69, 9.17) is 0 Å². The van der Waals surface area contributed by atoms with Gasteiger partial charge in [-0.15, -0.1) is 0 Å². The Kier molecular flexibility index (Phi) is 3.98. The second kappa shape index (κ2) is 5.93. The van der Waals surface area contributed by atoms with Crippen molar-refractivity contribution in [3.05, 3.63) is 40.4 Å². The predicted octanol–water partition coefficient (Wildman–Crippen LogP) is 2.53. The Bertz CT molecular complexity index is 858. The van der Waals surface area contributed by atoms with E-state index in [1.165, 1.54) is 5.56 Å². The summed E-state index contributed by atoms with van der Waals surface area (Å²) in [5, 5.41) is 1.01. The third-order valence-electron chi connectivity index (χ3n) is 4.28. The fraction of sp³-hybridized carbons (Fsp3) is 0.412. The van der Waals surface area contributed by atoms with Gasteiger partial charge in [-0.05, 0) is 31.6 Å². The van der Waals surface area contributed by atoms with Crippen molar-refractivity contribution < 1.29 is 0 Å². The van der Waals surface area contributed by atoms with Crippen LogP contribution < -0.4 is 5.56 Å². The Labute approximate surface area is 129 Å². The first-order valence-electron chi connectivity index (χ1n) is 7.83. The molecule has 0 atom stereocenters. The number of aromatic nitrogens is 3. The summed E-state index contributed by atoms with van der Waals surface area (Å²) in [5.74, 6) is 0. The Hall–Kier alpha value is -2.14. The molecule has 1 N–H and O–H groups in total. The summed E-state index contributed by atoms with van der Waals surface area (Å²) in [6.45, 7) is 9.82. The molecule has 0 fully saturated rings. The van der Waals surface area contributed by atoms with Crippen molar-refractivity contribution in [3.63, 3.8) is 0 Å².